The Balaban J connectivity index is 2.88. The summed E-state index contributed by atoms with van der Waals surface area (Å²) in [5.41, 5.74) is 0.546. The van der Waals surface area contributed by atoms with E-state index in [0.717, 1.165) is 25.7 Å². The summed E-state index contributed by atoms with van der Waals surface area (Å²) >= 11 is 0. The van der Waals surface area contributed by atoms with Crippen LogP contribution in [0, 0.1) is 0 Å². The fourth-order valence-electron chi connectivity index (χ4n) is 2.21. The zero-order chi connectivity index (χ0) is 18.0. The van der Waals surface area contributed by atoms with Gasteiger partial charge in [0.15, 0.2) is 0 Å². The quantitative estimate of drug-likeness (QED) is 0.661. The molecule has 6 nitrogen and oxygen atoms in total. The first-order valence-electron chi connectivity index (χ1n) is 8.34. The van der Waals surface area contributed by atoms with E-state index in [2.05, 4.69) is 5.32 Å². The van der Waals surface area contributed by atoms with Crippen molar-refractivity contribution in [3.63, 3.8) is 0 Å². The molecule has 0 unspecified atom stereocenters. The third kappa shape index (κ3) is 6.22. The van der Waals surface area contributed by atoms with Crippen LogP contribution in [0.4, 0.5) is 5.69 Å². The average molecular weight is 356 g/mol. The highest BCUT2D eigenvalue weighted by Crippen LogP contribution is 2.19. The van der Waals surface area contributed by atoms with Gasteiger partial charge in [-0.05, 0) is 37.1 Å². The van der Waals surface area contributed by atoms with E-state index in [-0.39, 0.29) is 17.4 Å². The summed E-state index contributed by atoms with van der Waals surface area (Å²) in [5, 5.41) is 2.65. The Morgan fingerprint density at radius 2 is 1.62 bits per heavy atom. The second kappa shape index (κ2) is 10.4. The number of methoxy groups -OCH3 is 1. The highest BCUT2D eigenvalue weighted by Gasteiger charge is 2.23. The third-order valence-electron chi connectivity index (χ3n) is 3.57. The van der Waals surface area contributed by atoms with Crippen LogP contribution in [0.5, 0.6) is 0 Å². The lowest BCUT2D eigenvalue weighted by molar-refractivity contribution is -0.119. The van der Waals surface area contributed by atoms with Crippen LogP contribution in [0.3, 0.4) is 0 Å². The van der Waals surface area contributed by atoms with E-state index in [4.69, 9.17) is 4.74 Å². The number of rotatable bonds is 11. The first-order valence-corrected chi connectivity index (χ1v) is 9.78. The van der Waals surface area contributed by atoms with Crippen molar-refractivity contribution in [1.82, 2.24) is 4.31 Å². The van der Waals surface area contributed by atoms with Gasteiger partial charge in [-0.1, -0.05) is 26.7 Å². The Morgan fingerprint density at radius 1 is 1.08 bits per heavy atom. The van der Waals surface area contributed by atoms with Crippen molar-refractivity contribution < 1.29 is 17.9 Å². The number of nitrogens with zero attached hydrogens (tertiary/aromatic N) is 1. The predicted octanol–water partition coefficient (Wildman–Crippen LogP) is 2.86. The number of amides is 1. The highest BCUT2D eigenvalue weighted by atomic mass is 32.2. The molecule has 1 aromatic rings. The minimum absolute atomic E-state index is 0.0398. The molecule has 0 aliphatic heterocycles. The van der Waals surface area contributed by atoms with Crippen LogP contribution in [0.25, 0.3) is 0 Å². The second-order valence-corrected chi connectivity index (χ2v) is 7.55. The number of hydrogen-bond donors (Lipinski definition) is 1. The Hall–Kier alpha value is -1.44. The van der Waals surface area contributed by atoms with E-state index < -0.39 is 10.0 Å². The van der Waals surface area contributed by atoms with Crippen molar-refractivity contribution in [3.05, 3.63) is 24.3 Å². The highest BCUT2D eigenvalue weighted by molar-refractivity contribution is 7.89. The molecule has 1 aromatic carbocycles. The molecule has 0 aliphatic rings. The van der Waals surface area contributed by atoms with Crippen LogP contribution in [0.1, 0.15) is 39.5 Å². The number of benzene rings is 1. The van der Waals surface area contributed by atoms with Gasteiger partial charge in [-0.2, -0.15) is 4.31 Å². The average Bonchev–Trinajstić information content (AvgIpc) is 2.55. The Bertz CT molecular complexity index is 592. The molecule has 0 bridgehead atoms. The fourth-order valence-corrected chi connectivity index (χ4v) is 3.73. The number of carbonyl (C=O) groups excluding carboxylic acids is 1. The van der Waals surface area contributed by atoms with E-state index in [1.807, 2.05) is 13.8 Å². The summed E-state index contributed by atoms with van der Waals surface area (Å²) < 4.78 is 31.9. The molecule has 0 spiro atoms. The third-order valence-corrected chi connectivity index (χ3v) is 5.49. The van der Waals surface area contributed by atoms with Gasteiger partial charge in [0.2, 0.25) is 15.9 Å². The summed E-state index contributed by atoms with van der Waals surface area (Å²) in [5.74, 6) is -0.277. The van der Waals surface area contributed by atoms with E-state index in [1.54, 1.807) is 16.4 Å². The normalized spacial score (nSPS) is 11.7. The first-order chi connectivity index (χ1) is 11.5. The van der Waals surface area contributed by atoms with Crippen molar-refractivity contribution >= 4 is 21.6 Å². The molecule has 0 heterocycles. The maximum Gasteiger partial charge on any atom is 0.250 e. The largest absolute Gasteiger partial charge is 0.375 e. The molecule has 1 N–H and O–H groups in total. The molecule has 0 radical (unpaired) electrons. The molecule has 0 atom stereocenters. The number of sulfonamides is 1. The van der Waals surface area contributed by atoms with Crippen LogP contribution in [0.15, 0.2) is 29.2 Å². The van der Waals surface area contributed by atoms with Crippen LogP contribution in [-0.2, 0) is 19.6 Å². The molecular weight excluding hydrogens is 328 g/mol. The minimum atomic E-state index is -3.51. The van der Waals surface area contributed by atoms with Crippen LogP contribution in [0.2, 0.25) is 0 Å². The molecule has 1 amide bonds. The van der Waals surface area contributed by atoms with Crippen LogP contribution >= 0.6 is 0 Å². The summed E-state index contributed by atoms with van der Waals surface area (Å²) in [6, 6.07) is 6.25. The molecule has 0 saturated carbocycles. The number of unbranched alkanes of at least 4 members (excludes halogenated alkanes) is 2. The SMILES string of the molecule is CCCCN(CCCC)S(=O)(=O)c1ccc(NC(=O)COC)cc1. The number of nitrogens with one attached hydrogen (secondary N) is 1. The molecule has 7 heteroatoms. The van der Waals surface area contributed by atoms with Crippen molar-refractivity contribution in [2.45, 2.75) is 44.4 Å². The summed E-state index contributed by atoms with van der Waals surface area (Å²) in [6.07, 6.45) is 3.58. The van der Waals surface area contributed by atoms with E-state index in [1.165, 1.54) is 19.2 Å². The molecule has 0 aliphatic carbocycles. The maximum absolute atomic E-state index is 12.8. The fraction of sp³-hybridized carbons (Fsp3) is 0.588. The van der Waals surface area contributed by atoms with Crippen molar-refractivity contribution in [1.29, 1.82) is 0 Å². The second-order valence-electron chi connectivity index (χ2n) is 5.62. The molecule has 0 aromatic heterocycles. The van der Waals surface area contributed by atoms with Crippen molar-refractivity contribution in [2.24, 2.45) is 0 Å². The maximum atomic E-state index is 12.8. The van der Waals surface area contributed by atoms with E-state index in [9.17, 15) is 13.2 Å². The molecule has 1 rings (SSSR count). The van der Waals surface area contributed by atoms with E-state index in [0.29, 0.717) is 18.8 Å². The molecule has 0 saturated heterocycles. The van der Waals surface area contributed by atoms with Gasteiger partial charge in [0, 0.05) is 25.9 Å². The number of ether oxygens (including phenoxy) is 1. The summed E-state index contributed by atoms with van der Waals surface area (Å²) in [7, 11) is -2.06. The minimum Gasteiger partial charge on any atom is -0.375 e. The predicted molar refractivity (Wildman–Crippen MR) is 95.5 cm³/mol. The lowest BCUT2D eigenvalue weighted by Crippen LogP contribution is -2.33. The standard InChI is InChI=1S/C17H28N2O4S/c1-4-6-12-19(13-7-5-2)24(21,22)16-10-8-15(9-11-16)18-17(20)14-23-3/h8-11H,4-7,12-14H2,1-3H3,(H,18,20). The number of hydrogen-bond acceptors (Lipinski definition) is 4. The van der Waals surface area contributed by atoms with Gasteiger partial charge < -0.3 is 10.1 Å². The van der Waals surface area contributed by atoms with Gasteiger partial charge >= 0.3 is 0 Å². The van der Waals surface area contributed by atoms with Gasteiger partial charge in [0.05, 0.1) is 4.90 Å². The van der Waals surface area contributed by atoms with Crippen molar-refractivity contribution in [2.75, 3.05) is 32.1 Å². The topological polar surface area (TPSA) is 75.7 Å². The van der Waals surface area contributed by atoms with Gasteiger partial charge in [0.1, 0.15) is 6.61 Å². The molecule has 136 valence electrons. The van der Waals surface area contributed by atoms with Gasteiger partial charge in [-0.25, -0.2) is 8.42 Å². The van der Waals surface area contributed by atoms with E-state index >= 15 is 0 Å². The Kier molecular flexibility index (Phi) is 8.95. The van der Waals surface area contributed by atoms with Crippen LogP contribution in [-0.4, -0.2) is 45.4 Å². The lowest BCUT2D eigenvalue weighted by atomic mass is 10.3. The number of carbonyl (C=O) groups is 1. The lowest BCUT2D eigenvalue weighted by Gasteiger charge is -2.22. The van der Waals surface area contributed by atoms with Gasteiger partial charge in [-0.3, -0.25) is 4.79 Å². The molecule has 0 fully saturated rings. The zero-order valence-electron chi connectivity index (χ0n) is 14.7. The Labute approximate surface area is 145 Å². The number of anilines is 1. The smallest absolute Gasteiger partial charge is 0.250 e. The summed E-state index contributed by atoms with van der Waals surface area (Å²) in [6.45, 7) is 5.11. The molecular formula is C17H28N2O4S. The Morgan fingerprint density at radius 3 is 2.08 bits per heavy atom. The van der Waals surface area contributed by atoms with Crippen LogP contribution < -0.4 is 5.32 Å². The zero-order valence-corrected chi connectivity index (χ0v) is 15.6. The van der Waals surface area contributed by atoms with Crippen molar-refractivity contribution in [3.8, 4) is 0 Å². The molecule has 24 heavy (non-hydrogen) atoms. The van der Waals surface area contributed by atoms with Gasteiger partial charge in [0.25, 0.3) is 0 Å². The van der Waals surface area contributed by atoms with Gasteiger partial charge in [-0.15, -0.1) is 0 Å². The summed E-state index contributed by atoms with van der Waals surface area (Å²) in [4.78, 5) is 11.7. The first kappa shape index (κ1) is 20.6. The monoisotopic (exact) mass is 356 g/mol.